The monoisotopic (exact) mass is 233 g/mol. The van der Waals surface area contributed by atoms with Gasteiger partial charge in [-0.15, -0.1) is 0 Å². The molecule has 0 saturated heterocycles. The molecule has 0 spiro atoms. The third-order valence-corrected chi connectivity index (χ3v) is 2.26. The third-order valence-electron chi connectivity index (χ3n) is 2.26. The highest BCUT2D eigenvalue weighted by atomic mass is 16.5. The molecule has 92 valence electrons. The molecule has 3 heteroatoms. The molecule has 0 heterocycles. The van der Waals surface area contributed by atoms with Crippen molar-refractivity contribution in [1.82, 2.24) is 5.32 Å². The maximum absolute atomic E-state index is 11.7. The number of nitrogens with one attached hydrogen (secondary N) is 1. The molecule has 0 aliphatic rings. The zero-order valence-electron chi connectivity index (χ0n) is 10.4. The molecule has 3 nitrogen and oxygen atoms in total. The Bertz CT molecular complexity index is 368. The summed E-state index contributed by atoms with van der Waals surface area (Å²) in [6, 6.07) is 7.17. The molecule has 0 aliphatic heterocycles. The Labute approximate surface area is 102 Å². The zero-order valence-corrected chi connectivity index (χ0v) is 10.4. The Morgan fingerprint density at radius 3 is 2.65 bits per heavy atom. The van der Waals surface area contributed by atoms with Crippen molar-refractivity contribution in [1.29, 1.82) is 0 Å². The Kier molecular flexibility index (Phi) is 5.86. The Balaban J connectivity index is 2.46. The fraction of sp³-hybridized carbons (Fsp3) is 0.357. The summed E-state index contributed by atoms with van der Waals surface area (Å²) in [6.45, 7) is 5.20. The molecule has 1 N–H and O–H groups in total. The largest absolute Gasteiger partial charge is 0.494 e. The Morgan fingerprint density at radius 1 is 1.35 bits per heavy atom. The van der Waals surface area contributed by atoms with Crippen LogP contribution in [-0.4, -0.2) is 19.1 Å². The van der Waals surface area contributed by atoms with E-state index in [4.69, 9.17) is 4.74 Å². The van der Waals surface area contributed by atoms with Crippen molar-refractivity contribution in [3.63, 3.8) is 0 Å². The van der Waals surface area contributed by atoms with E-state index in [9.17, 15) is 4.79 Å². The summed E-state index contributed by atoms with van der Waals surface area (Å²) in [5, 5.41) is 2.85. The third kappa shape index (κ3) is 4.72. The zero-order chi connectivity index (χ0) is 12.5. The van der Waals surface area contributed by atoms with Crippen LogP contribution in [0, 0.1) is 0 Å². The molecule has 0 unspecified atom stereocenters. The summed E-state index contributed by atoms with van der Waals surface area (Å²) < 4.78 is 5.31. The van der Waals surface area contributed by atoms with Crippen molar-refractivity contribution in [2.45, 2.75) is 20.3 Å². The van der Waals surface area contributed by atoms with E-state index >= 15 is 0 Å². The fourth-order valence-corrected chi connectivity index (χ4v) is 1.41. The lowest BCUT2D eigenvalue weighted by molar-refractivity contribution is 0.0954. The van der Waals surface area contributed by atoms with Crippen LogP contribution in [0.25, 0.3) is 0 Å². The highest BCUT2D eigenvalue weighted by Crippen LogP contribution is 2.11. The van der Waals surface area contributed by atoms with Gasteiger partial charge in [-0.1, -0.05) is 12.2 Å². The number of benzene rings is 1. The van der Waals surface area contributed by atoms with Gasteiger partial charge < -0.3 is 10.1 Å². The molecule has 17 heavy (non-hydrogen) atoms. The summed E-state index contributed by atoms with van der Waals surface area (Å²) in [5.74, 6) is 0.746. The van der Waals surface area contributed by atoms with Crippen LogP contribution >= 0.6 is 0 Å². The second kappa shape index (κ2) is 7.49. The van der Waals surface area contributed by atoms with Crippen molar-refractivity contribution in [2.24, 2.45) is 0 Å². The van der Waals surface area contributed by atoms with Gasteiger partial charge in [0, 0.05) is 12.1 Å². The van der Waals surface area contributed by atoms with E-state index < -0.39 is 0 Å². The van der Waals surface area contributed by atoms with E-state index in [2.05, 4.69) is 5.32 Å². The fourth-order valence-electron chi connectivity index (χ4n) is 1.41. The first-order chi connectivity index (χ1) is 8.27. The Morgan fingerprint density at radius 2 is 2.06 bits per heavy atom. The number of carbonyl (C=O) groups is 1. The summed E-state index contributed by atoms with van der Waals surface area (Å²) in [6.07, 6.45) is 4.86. The van der Waals surface area contributed by atoms with Crippen molar-refractivity contribution in [3.05, 3.63) is 42.0 Å². The number of hydrogen-bond donors (Lipinski definition) is 1. The first kappa shape index (κ1) is 13.3. The van der Waals surface area contributed by atoms with Gasteiger partial charge in [-0.25, -0.2) is 0 Å². The van der Waals surface area contributed by atoms with Crippen LogP contribution in [0.2, 0.25) is 0 Å². The highest BCUT2D eigenvalue weighted by molar-refractivity contribution is 5.94. The van der Waals surface area contributed by atoms with Gasteiger partial charge >= 0.3 is 0 Å². The molecule has 1 rings (SSSR count). The van der Waals surface area contributed by atoms with Crippen molar-refractivity contribution >= 4 is 5.91 Å². The first-order valence-electron chi connectivity index (χ1n) is 5.90. The van der Waals surface area contributed by atoms with E-state index in [0.717, 1.165) is 12.2 Å². The highest BCUT2D eigenvalue weighted by Gasteiger charge is 2.03. The number of hydrogen-bond acceptors (Lipinski definition) is 2. The first-order valence-corrected chi connectivity index (χ1v) is 5.90. The van der Waals surface area contributed by atoms with E-state index in [1.165, 1.54) is 0 Å². The van der Waals surface area contributed by atoms with Crippen LogP contribution in [0.3, 0.4) is 0 Å². The normalized spacial score (nSPS) is 10.5. The molecule has 0 radical (unpaired) electrons. The molecule has 0 aromatic heterocycles. The number of rotatable bonds is 6. The standard InChI is InChI=1S/C14H19NO2/c1-3-5-6-11-15-14(16)12-7-9-13(10-8-12)17-4-2/h3,5,7-10H,4,6,11H2,1-2H3,(H,15,16)/b5-3+. The van der Waals surface area contributed by atoms with Crippen molar-refractivity contribution in [3.8, 4) is 5.75 Å². The number of carbonyl (C=O) groups excluding carboxylic acids is 1. The van der Waals surface area contributed by atoms with Gasteiger partial charge in [0.2, 0.25) is 0 Å². The molecule has 1 amide bonds. The second-order valence-electron chi connectivity index (χ2n) is 3.57. The van der Waals surface area contributed by atoms with Crippen LogP contribution in [0.5, 0.6) is 5.75 Å². The van der Waals surface area contributed by atoms with Gasteiger partial charge in [-0.2, -0.15) is 0 Å². The smallest absolute Gasteiger partial charge is 0.251 e. The predicted molar refractivity (Wildman–Crippen MR) is 69.4 cm³/mol. The van der Waals surface area contributed by atoms with Crippen molar-refractivity contribution in [2.75, 3.05) is 13.2 Å². The van der Waals surface area contributed by atoms with Crippen molar-refractivity contribution < 1.29 is 9.53 Å². The van der Waals surface area contributed by atoms with E-state index in [0.29, 0.717) is 18.7 Å². The van der Waals surface area contributed by atoms with Gasteiger partial charge in [0.15, 0.2) is 0 Å². The molecule has 0 atom stereocenters. The summed E-state index contributed by atoms with van der Waals surface area (Å²) >= 11 is 0. The lowest BCUT2D eigenvalue weighted by atomic mass is 10.2. The predicted octanol–water partition coefficient (Wildman–Crippen LogP) is 2.78. The van der Waals surface area contributed by atoms with Gasteiger partial charge in [-0.05, 0) is 44.5 Å². The average Bonchev–Trinajstić information content (AvgIpc) is 2.36. The molecule has 0 saturated carbocycles. The summed E-state index contributed by atoms with van der Waals surface area (Å²) in [7, 11) is 0. The second-order valence-corrected chi connectivity index (χ2v) is 3.57. The van der Waals surface area contributed by atoms with Crippen LogP contribution in [0.4, 0.5) is 0 Å². The van der Waals surface area contributed by atoms with Crippen LogP contribution in [0.1, 0.15) is 30.6 Å². The minimum absolute atomic E-state index is 0.0439. The SMILES string of the molecule is C/C=C/CCNC(=O)c1ccc(OCC)cc1. The number of ether oxygens (including phenoxy) is 1. The van der Waals surface area contributed by atoms with Gasteiger partial charge in [0.05, 0.1) is 6.61 Å². The lowest BCUT2D eigenvalue weighted by Crippen LogP contribution is -2.23. The van der Waals surface area contributed by atoms with Gasteiger partial charge in [-0.3, -0.25) is 4.79 Å². The minimum atomic E-state index is -0.0439. The van der Waals surface area contributed by atoms with E-state index in [1.54, 1.807) is 12.1 Å². The molecular formula is C14H19NO2. The van der Waals surface area contributed by atoms with E-state index in [1.807, 2.05) is 38.1 Å². The molecular weight excluding hydrogens is 214 g/mol. The van der Waals surface area contributed by atoms with E-state index in [-0.39, 0.29) is 5.91 Å². The maximum Gasteiger partial charge on any atom is 0.251 e. The lowest BCUT2D eigenvalue weighted by Gasteiger charge is -2.05. The molecule has 0 aliphatic carbocycles. The molecule has 1 aromatic rings. The topological polar surface area (TPSA) is 38.3 Å². The minimum Gasteiger partial charge on any atom is -0.494 e. The number of allylic oxidation sites excluding steroid dienone is 1. The summed E-state index contributed by atoms with van der Waals surface area (Å²) in [5.41, 5.74) is 0.661. The molecule has 0 fully saturated rings. The van der Waals surface area contributed by atoms with Gasteiger partial charge in [0.1, 0.15) is 5.75 Å². The van der Waals surface area contributed by atoms with Crippen LogP contribution in [0.15, 0.2) is 36.4 Å². The van der Waals surface area contributed by atoms with Crippen LogP contribution in [-0.2, 0) is 0 Å². The van der Waals surface area contributed by atoms with Crippen LogP contribution < -0.4 is 10.1 Å². The maximum atomic E-state index is 11.7. The number of amides is 1. The quantitative estimate of drug-likeness (QED) is 0.606. The molecule has 1 aromatic carbocycles. The molecule has 0 bridgehead atoms. The van der Waals surface area contributed by atoms with Gasteiger partial charge in [0.25, 0.3) is 5.91 Å². The summed E-state index contributed by atoms with van der Waals surface area (Å²) in [4.78, 5) is 11.7. The average molecular weight is 233 g/mol. The Hall–Kier alpha value is -1.77.